The number of rotatable bonds is 6. The van der Waals surface area contributed by atoms with E-state index in [1.807, 2.05) is 4.57 Å². The lowest BCUT2D eigenvalue weighted by Gasteiger charge is -2.21. The number of halogens is 2. The lowest BCUT2D eigenvalue weighted by atomic mass is 10.2. The maximum Gasteiger partial charge on any atom is 0.352 e. The smallest absolute Gasteiger partial charge is 0.322 e. The van der Waals surface area contributed by atoms with Gasteiger partial charge >= 0.3 is 5.69 Å². The van der Waals surface area contributed by atoms with Gasteiger partial charge in [0.25, 0.3) is 5.56 Å². The van der Waals surface area contributed by atoms with Crippen LogP contribution in [0.2, 0.25) is 10.0 Å². The minimum Gasteiger partial charge on any atom is -0.322 e. The normalized spacial score (nSPS) is 11.8. The van der Waals surface area contributed by atoms with Gasteiger partial charge in [-0.2, -0.15) is 4.98 Å². The molecule has 0 saturated carbocycles. The number of hydrogen-bond donors (Lipinski definition) is 0. The van der Waals surface area contributed by atoms with Gasteiger partial charge < -0.3 is 9.47 Å². The minimum atomic E-state index is -0.605. The average molecular weight is 410 g/mol. The van der Waals surface area contributed by atoms with Crippen molar-refractivity contribution in [2.24, 2.45) is 7.05 Å². The van der Waals surface area contributed by atoms with Crippen molar-refractivity contribution in [2.45, 2.75) is 26.8 Å². The predicted molar refractivity (Wildman–Crippen MR) is 108 cm³/mol. The summed E-state index contributed by atoms with van der Waals surface area (Å²) in [4.78, 5) is 35.5. The van der Waals surface area contributed by atoms with Crippen LogP contribution in [0.25, 0.3) is 22.6 Å². The highest BCUT2D eigenvalue weighted by atomic mass is 35.5. The summed E-state index contributed by atoms with van der Waals surface area (Å²) in [6.07, 6.45) is 0.825. The summed E-state index contributed by atoms with van der Waals surface area (Å²) >= 11 is 12.3. The molecular weight excluding hydrogens is 389 g/mol. The molecule has 2 heterocycles. The van der Waals surface area contributed by atoms with Crippen molar-refractivity contribution in [3.63, 3.8) is 0 Å². The molecule has 0 spiro atoms. The molecule has 0 aromatic heterocycles. The van der Waals surface area contributed by atoms with Crippen LogP contribution >= 0.6 is 23.2 Å². The topological polar surface area (TPSA) is 73.0 Å². The van der Waals surface area contributed by atoms with Gasteiger partial charge in [-0.15, -0.1) is 0 Å². The fourth-order valence-electron chi connectivity index (χ4n) is 3.13. The molecule has 0 amide bonds. The zero-order valence-corrected chi connectivity index (χ0v) is 17.0. The molecule has 1 aromatic carbocycles. The second kappa shape index (κ2) is 7.96. The van der Waals surface area contributed by atoms with Gasteiger partial charge in [-0.05, 0) is 38.2 Å². The zero-order chi connectivity index (χ0) is 19.7. The monoisotopic (exact) mass is 409 g/mol. The fraction of sp³-hybridized carbons (Fsp3) is 0.444. The molecule has 0 saturated heterocycles. The van der Waals surface area contributed by atoms with Gasteiger partial charge in [0, 0.05) is 13.6 Å². The second-order valence-electron chi connectivity index (χ2n) is 6.33. The Hall–Kier alpha value is -1.96. The summed E-state index contributed by atoms with van der Waals surface area (Å²) < 4.78 is 2.80. The van der Waals surface area contributed by atoms with Crippen molar-refractivity contribution < 1.29 is 0 Å². The van der Waals surface area contributed by atoms with Crippen molar-refractivity contribution in [3.8, 4) is 11.5 Å². The quantitative estimate of drug-likeness (QED) is 0.585. The van der Waals surface area contributed by atoms with E-state index in [1.54, 1.807) is 12.1 Å². The van der Waals surface area contributed by atoms with Gasteiger partial charge in [-0.1, -0.05) is 37.0 Å². The van der Waals surface area contributed by atoms with Crippen LogP contribution in [0.5, 0.6) is 0 Å². The van der Waals surface area contributed by atoms with Gasteiger partial charge in [0.05, 0.1) is 21.1 Å². The van der Waals surface area contributed by atoms with Crippen molar-refractivity contribution in [1.82, 2.24) is 24.0 Å². The maximum atomic E-state index is 12.6. The number of hydrogen-bond acceptors (Lipinski definition) is 5. The van der Waals surface area contributed by atoms with Crippen LogP contribution in [0, 0.1) is 0 Å². The highest BCUT2D eigenvalue weighted by Gasteiger charge is 2.21. The molecule has 9 heteroatoms. The Balaban J connectivity index is 2.21. The third kappa shape index (κ3) is 3.72. The standard InChI is InChI=1S/C18H21Cl2N5O2/c1-4-24(5-2)7-6-8-25-14-10-12(20)11(19)9-13(14)21-15-16(25)22-18(27)23(3)17(15)26/h9-10H,4-8H2,1-3H3. The van der Waals surface area contributed by atoms with E-state index in [9.17, 15) is 9.59 Å². The summed E-state index contributed by atoms with van der Waals surface area (Å²) in [5, 5.41) is 0.741. The summed E-state index contributed by atoms with van der Waals surface area (Å²) in [7, 11) is 1.39. The first-order valence-corrected chi connectivity index (χ1v) is 9.61. The van der Waals surface area contributed by atoms with E-state index in [2.05, 4.69) is 28.7 Å². The van der Waals surface area contributed by atoms with E-state index in [-0.39, 0.29) is 11.5 Å². The van der Waals surface area contributed by atoms with Crippen molar-refractivity contribution in [2.75, 3.05) is 19.6 Å². The zero-order valence-electron chi connectivity index (χ0n) is 15.5. The van der Waals surface area contributed by atoms with Gasteiger partial charge in [-0.3, -0.25) is 9.36 Å². The number of nitrogens with zero attached hydrogens (tertiary/aromatic N) is 5. The molecule has 0 radical (unpaired) electrons. The number of benzene rings is 1. The first-order valence-electron chi connectivity index (χ1n) is 8.86. The summed E-state index contributed by atoms with van der Waals surface area (Å²) in [5.41, 5.74) is 0.293. The van der Waals surface area contributed by atoms with Gasteiger partial charge in [0.15, 0.2) is 11.5 Å². The second-order valence-corrected chi connectivity index (χ2v) is 7.14. The maximum absolute atomic E-state index is 12.6. The Bertz CT molecular complexity index is 1070. The van der Waals surface area contributed by atoms with Crippen LogP contribution < -0.4 is 11.2 Å². The molecule has 0 unspecified atom stereocenters. The molecular formula is C18H21Cl2N5O2. The Morgan fingerprint density at radius 3 is 2.41 bits per heavy atom. The largest absolute Gasteiger partial charge is 0.352 e. The van der Waals surface area contributed by atoms with Crippen LogP contribution in [-0.4, -0.2) is 43.6 Å². The SMILES string of the molecule is CCN(CC)CCCn1c2nc(=O)n(C)c(=O)c-2nc2cc(Cl)c(Cl)cc21. The molecule has 27 heavy (non-hydrogen) atoms. The molecule has 0 bridgehead atoms. The molecule has 144 valence electrons. The molecule has 3 rings (SSSR count). The molecule has 0 N–H and O–H groups in total. The van der Waals surface area contributed by atoms with Crippen LogP contribution in [0.1, 0.15) is 20.3 Å². The molecule has 7 nitrogen and oxygen atoms in total. The van der Waals surface area contributed by atoms with Crippen molar-refractivity contribution >= 4 is 34.2 Å². The van der Waals surface area contributed by atoms with Crippen molar-refractivity contribution in [1.29, 1.82) is 0 Å². The van der Waals surface area contributed by atoms with E-state index in [1.165, 1.54) is 7.05 Å². The molecule has 1 aromatic rings. The van der Waals surface area contributed by atoms with Gasteiger partial charge in [0.1, 0.15) is 0 Å². The minimum absolute atomic E-state index is 0.144. The summed E-state index contributed by atoms with van der Waals surface area (Å²) in [5.74, 6) is 0.272. The first-order chi connectivity index (χ1) is 12.9. The number of aryl methyl sites for hydroxylation is 1. The fourth-order valence-corrected chi connectivity index (χ4v) is 3.45. The van der Waals surface area contributed by atoms with Crippen LogP contribution in [-0.2, 0) is 13.6 Å². The van der Waals surface area contributed by atoms with E-state index >= 15 is 0 Å². The van der Waals surface area contributed by atoms with Crippen LogP contribution in [0.3, 0.4) is 0 Å². The predicted octanol–water partition coefficient (Wildman–Crippen LogP) is 2.63. The lowest BCUT2D eigenvalue weighted by molar-refractivity contribution is 0.294. The lowest BCUT2D eigenvalue weighted by Crippen LogP contribution is -2.36. The van der Waals surface area contributed by atoms with Crippen LogP contribution in [0.4, 0.5) is 0 Å². The van der Waals surface area contributed by atoms with E-state index in [0.717, 1.165) is 30.6 Å². The molecule has 2 aliphatic heterocycles. The highest BCUT2D eigenvalue weighted by molar-refractivity contribution is 6.42. The third-order valence-electron chi connectivity index (χ3n) is 4.75. The van der Waals surface area contributed by atoms with Crippen LogP contribution in [0.15, 0.2) is 21.7 Å². The Kier molecular flexibility index (Phi) is 5.83. The van der Waals surface area contributed by atoms with E-state index in [0.29, 0.717) is 27.6 Å². The molecule has 0 atom stereocenters. The highest BCUT2D eigenvalue weighted by Crippen LogP contribution is 2.29. The van der Waals surface area contributed by atoms with E-state index in [4.69, 9.17) is 23.2 Å². The Morgan fingerprint density at radius 1 is 1.07 bits per heavy atom. The van der Waals surface area contributed by atoms with E-state index < -0.39 is 11.2 Å². The Labute approximate surface area is 166 Å². The summed E-state index contributed by atoms with van der Waals surface area (Å²) in [6.45, 7) is 7.62. The summed E-state index contributed by atoms with van der Waals surface area (Å²) in [6, 6.07) is 3.33. The average Bonchev–Trinajstić information content (AvgIpc) is 2.65. The number of aromatic nitrogens is 4. The number of fused-ring (bicyclic) bond motifs is 2. The Morgan fingerprint density at radius 2 is 1.74 bits per heavy atom. The molecule has 0 fully saturated rings. The molecule has 2 aliphatic rings. The van der Waals surface area contributed by atoms with Gasteiger partial charge in [-0.25, -0.2) is 9.78 Å². The van der Waals surface area contributed by atoms with Gasteiger partial charge in [0.2, 0.25) is 0 Å². The van der Waals surface area contributed by atoms with Crippen molar-refractivity contribution in [3.05, 3.63) is 43.0 Å². The third-order valence-corrected chi connectivity index (χ3v) is 5.48. The first kappa shape index (κ1) is 19.8. The molecule has 0 aliphatic carbocycles.